The first-order chi connectivity index (χ1) is 37.2. The summed E-state index contributed by atoms with van der Waals surface area (Å²) in [5.41, 5.74) is -0.635. The van der Waals surface area contributed by atoms with Crippen LogP contribution in [0, 0.1) is 25.5 Å². The largest absolute Gasteiger partial charge is 0.479 e. The highest BCUT2D eigenvalue weighted by Gasteiger charge is 2.39. The van der Waals surface area contributed by atoms with Crippen LogP contribution in [0.4, 0.5) is 24.2 Å². The molecule has 3 aliphatic rings. The van der Waals surface area contributed by atoms with Gasteiger partial charge in [0.2, 0.25) is 23.4 Å². The molecule has 2 atom stereocenters. The van der Waals surface area contributed by atoms with Gasteiger partial charge in [-0.05, 0) is 90.5 Å². The first kappa shape index (κ1) is 57.2. The number of anilines is 1. The predicted octanol–water partition coefficient (Wildman–Crippen LogP) is 6.21. The topological polar surface area (TPSA) is 253 Å². The number of hydrogen-bond donors (Lipinski definition) is 2. The second-order valence-corrected chi connectivity index (χ2v) is 22.1. The van der Waals surface area contributed by atoms with Crippen molar-refractivity contribution >= 4 is 39.8 Å². The molecule has 2 amide bonds. The van der Waals surface area contributed by atoms with Gasteiger partial charge in [0.05, 0.1) is 49.1 Å². The van der Waals surface area contributed by atoms with E-state index in [2.05, 4.69) is 35.2 Å². The second-order valence-electron chi connectivity index (χ2n) is 22.1. The van der Waals surface area contributed by atoms with Gasteiger partial charge >= 0.3 is 23.6 Å². The summed E-state index contributed by atoms with van der Waals surface area (Å²) < 4.78 is 67.8. The number of ether oxygens (including phenoxy) is 6. The number of methoxy groups -OCH3 is 2. The van der Waals surface area contributed by atoms with Crippen LogP contribution in [0.1, 0.15) is 104 Å². The first-order valence-electron chi connectivity index (χ1n) is 26.0. The van der Waals surface area contributed by atoms with Gasteiger partial charge in [0.25, 0.3) is 17.3 Å². The van der Waals surface area contributed by atoms with Crippen LogP contribution in [-0.4, -0.2) is 151 Å². The maximum absolute atomic E-state index is 16.1. The Hall–Kier alpha value is -7.96. The summed E-state index contributed by atoms with van der Waals surface area (Å²) in [6, 6.07) is 2.76. The number of aromatic amines is 1. The number of amides is 2. The van der Waals surface area contributed by atoms with Gasteiger partial charge in [-0.25, -0.2) is 19.2 Å². The van der Waals surface area contributed by atoms with E-state index in [0.717, 1.165) is 10.1 Å². The maximum Gasteiger partial charge on any atom is 0.410 e. The van der Waals surface area contributed by atoms with Gasteiger partial charge in [0.1, 0.15) is 52.0 Å². The Morgan fingerprint density at radius 1 is 0.734 bits per heavy atom. The number of H-pyrrole nitrogens is 1. The van der Waals surface area contributed by atoms with Crippen LogP contribution >= 0.6 is 0 Å². The Kier molecular flexibility index (Phi) is 16.2. The molecule has 6 aromatic heterocycles. The molecule has 0 spiro atoms. The van der Waals surface area contributed by atoms with Gasteiger partial charge in [-0.3, -0.25) is 28.9 Å². The van der Waals surface area contributed by atoms with Crippen molar-refractivity contribution < 1.29 is 46.8 Å². The number of carbonyl (C=O) groups is 2. The number of nitrogens with zero attached hydrogens (tertiary/aromatic N) is 10. The lowest BCUT2D eigenvalue weighted by atomic mass is 10.0. The van der Waals surface area contributed by atoms with Crippen LogP contribution < -0.4 is 46.1 Å². The third-order valence-corrected chi connectivity index (χ3v) is 13.2. The molecule has 2 saturated heterocycles. The molecule has 23 nitrogen and oxygen atoms in total. The highest BCUT2D eigenvalue weighted by atomic mass is 19.1. The highest BCUT2D eigenvalue weighted by Crippen LogP contribution is 2.41. The van der Waals surface area contributed by atoms with Crippen LogP contribution in [-0.2, 0) is 9.47 Å². The SMILES string of the molecule is COc1nc(OC[C@H]2CN(C(=O)OC(C)(C)C)CCN2)c2c(=O)[nH]c(=O)n(-c3c(C)ccnc3C(C)C)c2c1F.COc1nc2c3c(nc(=O)n(-c4c(C)ccnc4C(C)C)c3c1F)N1CCN(C(=O)OC(C)(C)C)C[C@@H]1CO2. The summed E-state index contributed by atoms with van der Waals surface area (Å²) in [5.74, 6) is -2.55. The molecule has 0 unspecified atom stereocenters. The van der Waals surface area contributed by atoms with Crippen LogP contribution in [0.3, 0.4) is 0 Å². The van der Waals surface area contributed by atoms with E-state index in [1.54, 1.807) is 62.0 Å². The lowest BCUT2D eigenvalue weighted by molar-refractivity contribution is 0.0174. The number of piperazine rings is 2. The summed E-state index contributed by atoms with van der Waals surface area (Å²) in [4.78, 5) is 94.5. The summed E-state index contributed by atoms with van der Waals surface area (Å²) in [5, 5.41) is 3.27. The standard InChI is InChI=1S/C27H35FN6O6.C27H33FN6O5/c1-14(2)19-20(15(3)8-9-30-19)34-21-17(22(35)31-25(34)36)23(32-24(38-7)18(21)28)39-13-16-12-33(11-10-29-16)26(37)40-27(4,5)6;1-14(2)19-20(15(3)8-9-29-19)34-21-17-22(30-25(34)35)33-11-10-32(26(36)39-27(4,5)6)12-16(33)13-38-23(17)31-24(37-7)18(21)28/h8-9,14,16,29H,10-13H2,1-7H3,(H,31,35,36);8-9,14,16H,10-13H2,1-7H3/t2*16-/m11/s1. The quantitative estimate of drug-likeness (QED) is 0.163. The van der Waals surface area contributed by atoms with E-state index in [0.29, 0.717) is 54.5 Å². The molecule has 0 aliphatic carbocycles. The van der Waals surface area contributed by atoms with Crippen molar-refractivity contribution in [3.8, 4) is 34.9 Å². The molecular weight excluding hydrogens is 1030 g/mol. The predicted molar refractivity (Wildman–Crippen MR) is 289 cm³/mol. The monoisotopic (exact) mass is 1100 g/mol. The average molecular weight is 1100 g/mol. The Morgan fingerprint density at radius 3 is 1.84 bits per heavy atom. The van der Waals surface area contributed by atoms with Crippen LogP contribution in [0.15, 0.2) is 38.9 Å². The van der Waals surface area contributed by atoms with E-state index >= 15 is 8.78 Å². The van der Waals surface area contributed by atoms with Gasteiger partial charge in [-0.15, -0.1) is 0 Å². The zero-order chi connectivity index (χ0) is 57.6. The number of fused-ring (bicyclic) bond motifs is 3. The minimum absolute atomic E-state index is 0.0160. The third kappa shape index (κ3) is 11.6. The van der Waals surface area contributed by atoms with Crippen molar-refractivity contribution in [1.29, 1.82) is 0 Å². The molecule has 9 heterocycles. The molecule has 6 aromatic rings. The number of nitrogens with one attached hydrogen (secondary N) is 2. The van der Waals surface area contributed by atoms with E-state index in [-0.39, 0.29) is 95.5 Å². The molecule has 9 rings (SSSR count). The molecular formula is C54H68F2N12O11. The molecule has 0 bridgehead atoms. The zero-order valence-electron chi connectivity index (χ0n) is 47.0. The summed E-state index contributed by atoms with van der Waals surface area (Å²) in [7, 11) is 2.54. The Bertz CT molecular complexity index is 3520. The van der Waals surface area contributed by atoms with Crippen molar-refractivity contribution in [2.75, 3.05) is 71.6 Å². The van der Waals surface area contributed by atoms with Crippen LogP contribution in [0.5, 0.6) is 23.5 Å². The molecule has 0 radical (unpaired) electrons. The van der Waals surface area contributed by atoms with Crippen molar-refractivity contribution in [3.05, 3.63) is 90.0 Å². The minimum Gasteiger partial charge on any atom is -0.479 e. The van der Waals surface area contributed by atoms with E-state index in [9.17, 15) is 24.0 Å². The summed E-state index contributed by atoms with van der Waals surface area (Å²) >= 11 is 0. The van der Waals surface area contributed by atoms with E-state index in [1.807, 2.05) is 60.3 Å². The number of pyridine rings is 4. The molecule has 424 valence electrons. The van der Waals surface area contributed by atoms with Gasteiger partial charge in [0.15, 0.2) is 0 Å². The Labute approximate surface area is 454 Å². The summed E-state index contributed by atoms with van der Waals surface area (Å²) in [6.07, 6.45) is 2.40. The number of aryl methyl sites for hydroxylation is 2. The van der Waals surface area contributed by atoms with Crippen molar-refractivity contribution in [2.45, 2.75) is 118 Å². The second kappa shape index (κ2) is 22.4. The fourth-order valence-electron chi connectivity index (χ4n) is 9.69. The number of hydrogen-bond acceptors (Lipinski definition) is 18. The number of aromatic nitrogens is 8. The zero-order valence-corrected chi connectivity index (χ0v) is 47.0. The van der Waals surface area contributed by atoms with E-state index < -0.39 is 57.8 Å². The first-order valence-corrected chi connectivity index (χ1v) is 26.0. The molecule has 0 aromatic carbocycles. The normalized spacial score (nSPS) is 16.5. The molecule has 2 fully saturated rings. The molecule has 79 heavy (non-hydrogen) atoms. The lowest BCUT2D eigenvalue weighted by Gasteiger charge is -2.41. The summed E-state index contributed by atoms with van der Waals surface area (Å²) in [6.45, 7) is 24.4. The number of carbonyl (C=O) groups excluding carboxylic acids is 2. The van der Waals surface area contributed by atoms with E-state index in [4.69, 9.17) is 28.4 Å². The Morgan fingerprint density at radius 2 is 1.28 bits per heavy atom. The minimum atomic E-state index is -0.988. The van der Waals surface area contributed by atoms with Crippen LogP contribution in [0.2, 0.25) is 0 Å². The van der Waals surface area contributed by atoms with Gasteiger partial charge in [-0.2, -0.15) is 23.7 Å². The van der Waals surface area contributed by atoms with Crippen LogP contribution in [0.25, 0.3) is 33.2 Å². The maximum atomic E-state index is 16.1. The Balaban J connectivity index is 0.000000208. The smallest absolute Gasteiger partial charge is 0.410 e. The van der Waals surface area contributed by atoms with Gasteiger partial charge < -0.3 is 48.4 Å². The number of rotatable bonds is 9. The van der Waals surface area contributed by atoms with Gasteiger partial charge in [0, 0.05) is 51.7 Å². The molecule has 3 aliphatic heterocycles. The van der Waals surface area contributed by atoms with Crippen molar-refractivity contribution in [3.63, 3.8) is 0 Å². The van der Waals surface area contributed by atoms with Gasteiger partial charge in [-0.1, -0.05) is 27.7 Å². The third-order valence-electron chi connectivity index (χ3n) is 13.2. The highest BCUT2D eigenvalue weighted by molar-refractivity contribution is 5.97. The average Bonchev–Trinajstić information content (AvgIpc) is 3.80. The fraction of sp³-hybridized carbons (Fsp3) is 0.519. The molecule has 0 saturated carbocycles. The molecule has 25 heteroatoms. The van der Waals surface area contributed by atoms with Crippen molar-refractivity contribution in [2.24, 2.45) is 0 Å². The fourth-order valence-corrected chi connectivity index (χ4v) is 9.69. The van der Waals surface area contributed by atoms with Crippen molar-refractivity contribution in [1.82, 2.24) is 54.2 Å². The number of halogens is 2. The lowest BCUT2D eigenvalue weighted by Crippen LogP contribution is -2.57. The molecule has 2 N–H and O–H groups in total. The van der Waals surface area contributed by atoms with E-state index in [1.165, 1.54) is 18.8 Å².